The van der Waals surface area contributed by atoms with Crippen LogP contribution in [0.5, 0.6) is 0 Å². The number of anilines is 1. The van der Waals surface area contributed by atoms with E-state index >= 15 is 0 Å². The van der Waals surface area contributed by atoms with Crippen LogP contribution in [0.3, 0.4) is 0 Å². The van der Waals surface area contributed by atoms with Gasteiger partial charge in [0.15, 0.2) is 5.78 Å². The molecule has 4 heteroatoms. The Bertz CT molecular complexity index is 555. The van der Waals surface area contributed by atoms with Gasteiger partial charge in [-0.15, -0.1) is 0 Å². The highest BCUT2D eigenvalue weighted by Crippen LogP contribution is 2.11. The molecule has 2 aromatic rings. The molecule has 0 bridgehead atoms. The first-order chi connectivity index (χ1) is 8.15. The minimum atomic E-state index is -0.511. The van der Waals surface area contributed by atoms with Gasteiger partial charge in [-0.05, 0) is 23.8 Å². The first-order valence-electron chi connectivity index (χ1n) is 5.13. The summed E-state index contributed by atoms with van der Waals surface area (Å²) in [5, 5.41) is 0. The number of hydrogen-bond acceptors (Lipinski definition) is 3. The third-order valence-electron chi connectivity index (χ3n) is 2.34. The maximum absolute atomic E-state index is 12.9. The molecule has 2 N–H and O–H groups in total. The predicted molar refractivity (Wildman–Crippen MR) is 63.1 cm³/mol. The number of hydrogen-bond donors (Lipinski definition) is 1. The van der Waals surface area contributed by atoms with Crippen molar-refractivity contribution in [1.82, 2.24) is 4.98 Å². The molecule has 0 spiro atoms. The second kappa shape index (κ2) is 4.74. The lowest BCUT2D eigenvalue weighted by molar-refractivity contribution is 0.0992. The summed E-state index contributed by atoms with van der Waals surface area (Å²) < 4.78 is 12.9. The summed E-state index contributed by atoms with van der Waals surface area (Å²) in [6.45, 7) is 0. The van der Waals surface area contributed by atoms with Crippen LogP contribution < -0.4 is 5.73 Å². The number of pyridine rings is 1. The molecule has 0 fully saturated rings. The van der Waals surface area contributed by atoms with Gasteiger partial charge in [-0.1, -0.05) is 12.1 Å². The van der Waals surface area contributed by atoms with Gasteiger partial charge in [0.1, 0.15) is 5.82 Å². The molecule has 0 aliphatic heterocycles. The zero-order chi connectivity index (χ0) is 12.3. The number of nitrogens with zero attached hydrogens (tertiary/aromatic N) is 1. The van der Waals surface area contributed by atoms with Gasteiger partial charge < -0.3 is 5.73 Å². The number of benzene rings is 1. The quantitative estimate of drug-likeness (QED) is 0.649. The van der Waals surface area contributed by atoms with E-state index in [2.05, 4.69) is 4.98 Å². The standard InChI is InChI=1S/C13H11FN2O/c14-11-6-10(7-16-8-11)13(17)5-9-2-1-3-12(15)4-9/h1-4,6-8H,5,15H2. The molecular formula is C13H11FN2O. The van der Waals surface area contributed by atoms with Gasteiger partial charge in [0.25, 0.3) is 0 Å². The molecule has 1 heterocycles. The number of ketones is 1. The topological polar surface area (TPSA) is 56.0 Å². The zero-order valence-electron chi connectivity index (χ0n) is 9.06. The number of nitrogens with two attached hydrogens (primary N) is 1. The van der Waals surface area contributed by atoms with E-state index < -0.39 is 5.82 Å². The van der Waals surface area contributed by atoms with Crippen molar-refractivity contribution in [3.63, 3.8) is 0 Å². The minimum Gasteiger partial charge on any atom is -0.399 e. The monoisotopic (exact) mass is 230 g/mol. The molecule has 0 aliphatic rings. The average Bonchev–Trinajstić information content (AvgIpc) is 2.29. The number of aromatic nitrogens is 1. The average molecular weight is 230 g/mol. The SMILES string of the molecule is Nc1cccc(CC(=O)c2cncc(F)c2)c1. The third-order valence-corrected chi connectivity index (χ3v) is 2.34. The fourth-order valence-electron chi connectivity index (χ4n) is 1.55. The number of carbonyl (C=O) groups excluding carboxylic acids is 1. The highest BCUT2D eigenvalue weighted by Gasteiger charge is 2.08. The van der Waals surface area contributed by atoms with Gasteiger partial charge in [-0.3, -0.25) is 9.78 Å². The number of carbonyl (C=O) groups is 1. The fraction of sp³-hybridized carbons (Fsp3) is 0.0769. The molecule has 0 saturated heterocycles. The van der Waals surface area contributed by atoms with Crippen LogP contribution in [0.2, 0.25) is 0 Å². The second-order valence-electron chi connectivity index (χ2n) is 3.74. The summed E-state index contributed by atoms with van der Waals surface area (Å²) in [5.74, 6) is -0.689. The molecular weight excluding hydrogens is 219 g/mol. The number of halogens is 1. The molecule has 17 heavy (non-hydrogen) atoms. The molecule has 0 unspecified atom stereocenters. The number of rotatable bonds is 3. The van der Waals surface area contributed by atoms with Crippen molar-refractivity contribution in [3.05, 3.63) is 59.7 Å². The van der Waals surface area contributed by atoms with Gasteiger partial charge in [0.05, 0.1) is 6.20 Å². The Kier molecular flexibility index (Phi) is 3.14. The normalized spacial score (nSPS) is 10.2. The maximum Gasteiger partial charge on any atom is 0.168 e. The Hall–Kier alpha value is -2.23. The summed E-state index contributed by atoms with van der Waals surface area (Å²) in [7, 11) is 0. The van der Waals surface area contributed by atoms with E-state index in [1.54, 1.807) is 24.3 Å². The van der Waals surface area contributed by atoms with Crippen LogP contribution in [0.1, 0.15) is 15.9 Å². The van der Waals surface area contributed by atoms with E-state index in [9.17, 15) is 9.18 Å². The maximum atomic E-state index is 12.9. The van der Waals surface area contributed by atoms with Crippen molar-refractivity contribution < 1.29 is 9.18 Å². The van der Waals surface area contributed by atoms with Crippen molar-refractivity contribution in [2.45, 2.75) is 6.42 Å². The molecule has 0 aliphatic carbocycles. The lowest BCUT2D eigenvalue weighted by Gasteiger charge is -2.02. The second-order valence-corrected chi connectivity index (χ2v) is 3.74. The fourth-order valence-corrected chi connectivity index (χ4v) is 1.55. The molecule has 3 nitrogen and oxygen atoms in total. The third kappa shape index (κ3) is 2.87. The zero-order valence-corrected chi connectivity index (χ0v) is 9.06. The highest BCUT2D eigenvalue weighted by atomic mass is 19.1. The Morgan fingerprint density at radius 3 is 2.82 bits per heavy atom. The molecule has 2 rings (SSSR count). The van der Waals surface area contributed by atoms with Crippen LogP contribution >= 0.6 is 0 Å². The van der Waals surface area contributed by atoms with Crippen LogP contribution in [0.15, 0.2) is 42.7 Å². The molecule has 0 amide bonds. The molecule has 86 valence electrons. The molecule has 0 atom stereocenters. The van der Waals surface area contributed by atoms with Crippen LogP contribution in [0, 0.1) is 5.82 Å². The van der Waals surface area contributed by atoms with Crippen LogP contribution in [0.4, 0.5) is 10.1 Å². The predicted octanol–water partition coefficient (Wildman–Crippen LogP) is 2.23. The summed E-state index contributed by atoms with van der Waals surface area (Å²) in [6, 6.07) is 8.24. The Morgan fingerprint density at radius 2 is 2.12 bits per heavy atom. The van der Waals surface area contributed by atoms with Crippen LogP contribution in [-0.2, 0) is 6.42 Å². The lowest BCUT2D eigenvalue weighted by atomic mass is 10.0. The summed E-state index contributed by atoms with van der Waals surface area (Å²) >= 11 is 0. The molecule has 1 aromatic carbocycles. The molecule has 0 radical (unpaired) electrons. The summed E-state index contributed by atoms with van der Waals surface area (Å²) in [5.41, 5.74) is 7.29. The molecule has 0 saturated carbocycles. The van der Waals surface area contributed by atoms with Gasteiger partial charge in [-0.2, -0.15) is 0 Å². The minimum absolute atomic E-state index is 0.178. The van der Waals surface area contributed by atoms with Crippen molar-refractivity contribution >= 4 is 11.5 Å². The van der Waals surface area contributed by atoms with E-state index in [0.717, 1.165) is 11.8 Å². The number of nitrogen functional groups attached to an aromatic ring is 1. The first kappa shape index (κ1) is 11.3. The van der Waals surface area contributed by atoms with E-state index in [1.807, 2.05) is 0 Å². The number of Topliss-reactive ketones (excluding diaryl/α,β-unsaturated/α-hetero) is 1. The Morgan fingerprint density at radius 1 is 1.29 bits per heavy atom. The van der Waals surface area contributed by atoms with Gasteiger partial charge >= 0.3 is 0 Å². The Labute approximate surface area is 98.1 Å². The van der Waals surface area contributed by atoms with Gasteiger partial charge in [-0.25, -0.2) is 4.39 Å². The lowest BCUT2D eigenvalue weighted by Crippen LogP contribution is -2.04. The van der Waals surface area contributed by atoms with E-state index in [-0.39, 0.29) is 17.8 Å². The van der Waals surface area contributed by atoms with Crippen molar-refractivity contribution in [2.75, 3.05) is 5.73 Å². The van der Waals surface area contributed by atoms with E-state index in [1.165, 1.54) is 12.3 Å². The highest BCUT2D eigenvalue weighted by molar-refractivity contribution is 5.97. The van der Waals surface area contributed by atoms with E-state index in [4.69, 9.17) is 5.73 Å². The Balaban J connectivity index is 2.17. The van der Waals surface area contributed by atoms with Gasteiger partial charge in [0.2, 0.25) is 0 Å². The van der Waals surface area contributed by atoms with Crippen molar-refractivity contribution in [1.29, 1.82) is 0 Å². The summed E-state index contributed by atoms with van der Waals surface area (Å²) in [6.07, 6.45) is 2.62. The van der Waals surface area contributed by atoms with Crippen molar-refractivity contribution in [3.8, 4) is 0 Å². The first-order valence-corrected chi connectivity index (χ1v) is 5.13. The smallest absolute Gasteiger partial charge is 0.168 e. The molecule has 1 aromatic heterocycles. The van der Waals surface area contributed by atoms with Crippen LogP contribution in [0.25, 0.3) is 0 Å². The van der Waals surface area contributed by atoms with E-state index in [0.29, 0.717) is 5.69 Å². The van der Waals surface area contributed by atoms with Gasteiger partial charge in [0, 0.05) is 23.9 Å². The summed E-state index contributed by atoms with van der Waals surface area (Å²) in [4.78, 5) is 15.5. The van der Waals surface area contributed by atoms with Crippen molar-refractivity contribution in [2.24, 2.45) is 0 Å². The largest absolute Gasteiger partial charge is 0.399 e. The van der Waals surface area contributed by atoms with Crippen LogP contribution in [-0.4, -0.2) is 10.8 Å².